The highest BCUT2D eigenvalue weighted by atomic mass is 35.5. The Morgan fingerprint density at radius 2 is 1.73 bits per heavy atom. The molecule has 0 spiro atoms. The lowest BCUT2D eigenvalue weighted by Crippen LogP contribution is -2.33. The van der Waals surface area contributed by atoms with Gasteiger partial charge in [0.15, 0.2) is 0 Å². The summed E-state index contributed by atoms with van der Waals surface area (Å²) in [6.07, 6.45) is 1.94. The smallest absolute Gasteiger partial charge is 0.271 e. The number of phenols is 1. The van der Waals surface area contributed by atoms with E-state index in [9.17, 15) is 14.7 Å². The molecule has 4 aromatic carbocycles. The third kappa shape index (κ3) is 6.13. The Bertz CT molecular complexity index is 1510. The number of carbonyl (C=O) groups excluding carboxylic acids is 2. The lowest BCUT2D eigenvalue weighted by Gasteiger charge is -2.22. The van der Waals surface area contributed by atoms with Crippen LogP contribution in [0.3, 0.4) is 0 Å². The molecule has 2 N–H and O–H groups in total. The van der Waals surface area contributed by atoms with Crippen LogP contribution in [-0.4, -0.2) is 29.7 Å². The normalized spacial score (nSPS) is 10.8. The Hall–Kier alpha value is -4.67. The molecule has 4 aromatic rings. The van der Waals surface area contributed by atoms with Gasteiger partial charge in [0, 0.05) is 23.4 Å². The van der Waals surface area contributed by atoms with Gasteiger partial charge in [-0.3, -0.25) is 9.59 Å². The highest BCUT2D eigenvalue weighted by Gasteiger charge is 2.17. The van der Waals surface area contributed by atoms with E-state index in [1.807, 2.05) is 66.7 Å². The van der Waals surface area contributed by atoms with Crippen molar-refractivity contribution in [1.82, 2.24) is 5.43 Å². The number of hydrogen-bond donors (Lipinski definition) is 2. The molecule has 37 heavy (non-hydrogen) atoms. The van der Waals surface area contributed by atoms with Gasteiger partial charge in [-0.2, -0.15) is 10.4 Å². The molecule has 4 rings (SSSR count). The third-order valence-corrected chi connectivity index (χ3v) is 6.09. The number of nitrogens with zero attached hydrogens (tertiary/aromatic N) is 3. The Kier molecular flexibility index (Phi) is 8.14. The molecular weight excluding hydrogens is 488 g/mol. The molecule has 7 nitrogen and oxygen atoms in total. The SMILES string of the molecule is N#CCCN(C(=O)Cc1ccc(/C=N/NC(=O)c2ccc(O)c(Cl)c2)c2ccccc12)c1ccccc1. The number of nitrogens with one attached hydrogen (secondary N) is 1. The number of benzene rings is 4. The van der Waals surface area contributed by atoms with Crippen molar-refractivity contribution in [1.29, 1.82) is 5.26 Å². The summed E-state index contributed by atoms with van der Waals surface area (Å²) in [6.45, 7) is 0.313. The van der Waals surface area contributed by atoms with Crippen LogP contribution in [-0.2, 0) is 11.2 Å². The minimum atomic E-state index is -0.469. The Morgan fingerprint density at radius 3 is 2.46 bits per heavy atom. The van der Waals surface area contributed by atoms with E-state index in [1.54, 1.807) is 4.90 Å². The van der Waals surface area contributed by atoms with Crippen molar-refractivity contribution in [2.24, 2.45) is 5.10 Å². The van der Waals surface area contributed by atoms with Crippen molar-refractivity contribution in [3.63, 3.8) is 0 Å². The number of para-hydroxylation sites is 1. The van der Waals surface area contributed by atoms with Crippen LogP contribution in [0, 0.1) is 11.3 Å². The number of halogens is 1. The van der Waals surface area contributed by atoms with Crippen LogP contribution in [0.4, 0.5) is 5.69 Å². The second kappa shape index (κ2) is 11.8. The van der Waals surface area contributed by atoms with Crippen LogP contribution in [0.25, 0.3) is 10.8 Å². The maximum atomic E-state index is 13.3. The molecule has 0 aliphatic heterocycles. The van der Waals surface area contributed by atoms with Crippen LogP contribution in [0.1, 0.15) is 27.9 Å². The Labute approximate surface area is 219 Å². The van der Waals surface area contributed by atoms with Crippen LogP contribution in [0.5, 0.6) is 5.75 Å². The standard InChI is InChI=1S/C29H23ClN4O3/c30-26-17-21(13-14-27(26)35)29(37)33-32-19-22-12-11-20(24-9-4-5-10-25(22)24)18-28(36)34(16-6-15-31)23-7-2-1-3-8-23/h1-5,7-14,17,19,35H,6,16,18H2,(H,33,37)/b32-19+. The number of phenolic OH excluding ortho intramolecular Hbond substituents is 1. The van der Waals surface area contributed by atoms with Gasteiger partial charge in [0.2, 0.25) is 5.91 Å². The highest BCUT2D eigenvalue weighted by Crippen LogP contribution is 2.25. The van der Waals surface area contributed by atoms with Crippen molar-refractivity contribution >= 4 is 46.1 Å². The molecule has 2 amide bonds. The molecule has 184 valence electrons. The fourth-order valence-electron chi connectivity index (χ4n) is 3.95. The minimum absolute atomic E-state index is 0.0752. The summed E-state index contributed by atoms with van der Waals surface area (Å²) in [5.41, 5.74) is 5.08. The van der Waals surface area contributed by atoms with Gasteiger partial charge < -0.3 is 10.0 Å². The average molecular weight is 511 g/mol. The summed E-state index contributed by atoms with van der Waals surface area (Å²) in [5, 5.41) is 24.5. The van der Waals surface area contributed by atoms with Gasteiger partial charge in [-0.15, -0.1) is 0 Å². The van der Waals surface area contributed by atoms with E-state index in [2.05, 4.69) is 16.6 Å². The second-order valence-corrected chi connectivity index (χ2v) is 8.60. The molecule has 0 aliphatic carbocycles. The number of fused-ring (bicyclic) bond motifs is 1. The summed E-state index contributed by atoms with van der Waals surface area (Å²) >= 11 is 5.87. The predicted molar refractivity (Wildman–Crippen MR) is 145 cm³/mol. The van der Waals surface area contributed by atoms with Gasteiger partial charge in [0.05, 0.1) is 30.1 Å². The number of anilines is 1. The summed E-state index contributed by atoms with van der Waals surface area (Å²) < 4.78 is 0. The van der Waals surface area contributed by atoms with E-state index in [4.69, 9.17) is 16.9 Å². The van der Waals surface area contributed by atoms with Crippen LogP contribution in [0.15, 0.2) is 90.0 Å². The van der Waals surface area contributed by atoms with E-state index in [0.29, 0.717) is 6.54 Å². The van der Waals surface area contributed by atoms with E-state index in [1.165, 1.54) is 24.4 Å². The zero-order chi connectivity index (χ0) is 26.2. The Balaban J connectivity index is 1.55. The van der Waals surface area contributed by atoms with Crippen molar-refractivity contribution < 1.29 is 14.7 Å². The molecule has 0 unspecified atom stereocenters. The van der Waals surface area contributed by atoms with Gasteiger partial charge in [-0.25, -0.2) is 5.43 Å². The molecule has 0 bridgehead atoms. The first-order valence-electron chi connectivity index (χ1n) is 11.5. The monoisotopic (exact) mass is 510 g/mol. The molecule has 0 saturated heterocycles. The maximum Gasteiger partial charge on any atom is 0.271 e. The van der Waals surface area contributed by atoms with Gasteiger partial charge in [-0.05, 0) is 46.7 Å². The lowest BCUT2D eigenvalue weighted by molar-refractivity contribution is -0.118. The first kappa shape index (κ1) is 25.4. The molecule has 0 fully saturated rings. The fraction of sp³-hybridized carbons (Fsp3) is 0.103. The topological polar surface area (TPSA) is 106 Å². The van der Waals surface area contributed by atoms with Crippen molar-refractivity contribution in [2.45, 2.75) is 12.8 Å². The summed E-state index contributed by atoms with van der Waals surface area (Å²) in [4.78, 5) is 27.3. The number of amides is 2. The average Bonchev–Trinajstić information content (AvgIpc) is 2.92. The maximum absolute atomic E-state index is 13.3. The molecule has 0 aliphatic rings. The lowest BCUT2D eigenvalue weighted by atomic mass is 9.97. The number of rotatable bonds is 8. The predicted octanol–water partition coefficient (Wildman–Crippen LogP) is 5.45. The molecule has 0 heterocycles. The number of aromatic hydroxyl groups is 1. The number of carbonyl (C=O) groups is 2. The Morgan fingerprint density at radius 1 is 1.00 bits per heavy atom. The van der Waals surface area contributed by atoms with E-state index < -0.39 is 5.91 Å². The number of hydrogen-bond acceptors (Lipinski definition) is 5. The number of hydrazone groups is 1. The molecular formula is C29H23ClN4O3. The van der Waals surface area contributed by atoms with E-state index in [-0.39, 0.29) is 35.1 Å². The van der Waals surface area contributed by atoms with Crippen molar-refractivity contribution in [2.75, 3.05) is 11.4 Å². The number of nitriles is 1. The van der Waals surface area contributed by atoms with Crippen molar-refractivity contribution in [3.8, 4) is 11.8 Å². The third-order valence-electron chi connectivity index (χ3n) is 5.79. The summed E-state index contributed by atoms with van der Waals surface area (Å²) in [7, 11) is 0. The summed E-state index contributed by atoms with van der Waals surface area (Å²) in [6, 6.07) is 27.0. The summed E-state index contributed by atoms with van der Waals surface area (Å²) in [5.74, 6) is -0.681. The molecule has 0 aromatic heterocycles. The van der Waals surface area contributed by atoms with Gasteiger partial charge in [-0.1, -0.05) is 66.2 Å². The van der Waals surface area contributed by atoms with Crippen LogP contribution in [0.2, 0.25) is 5.02 Å². The highest BCUT2D eigenvalue weighted by molar-refractivity contribution is 6.32. The zero-order valence-corrected chi connectivity index (χ0v) is 20.5. The zero-order valence-electron chi connectivity index (χ0n) is 19.8. The van der Waals surface area contributed by atoms with Crippen molar-refractivity contribution in [3.05, 3.63) is 107 Å². The second-order valence-electron chi connectivity index (χ2n) is 8.19. The van der Waals surface area contributed by atoms with E-state index in [0.717, 1.165) is 27.6 Å². The largest absolute Gasteiger partial charge is 0.506 e. The van der Waals surface area contributed by atoms with Gasteiger partial charge in [0.1, 0.15) is 5.75 Å². The molecule has 0 saturated carbocycles. The molecule has 0 atom stereocenters. The first-order chi connectivity index (χ1) is 18.0. The first-order valence-corrected chi connectivity index (χ1v) is 11.9. The molecule has 8 heteroatoms. The van der Waals surface area contributed by atoms with Crippen LogP contribution < -0.4 is 10.3 Å². The van der Waals surface area contributed by atoms with Gasteiger partial charge in [0.25, 0.3) is 5.91 Å². The van der Waals surface area contributed by atoms with Crippen LogP contribution >= 0.6 is 11.6 Å². The molecule has 0 radical (unpaired) electrons. The minimum Gasteiger partial charge on any atom is -0.506 e. The quantitative estimate of drug-likeness (QED) is 0.243. The fourth-order valence-corrected chi connectivity index (χ4v) is 4.13. The van der Waals surface area contributed by atoms with E-state index >= 15 is 0 Å². The van der Waals surface area contributed by atoms with Gasteiger partial charge >= 0.3 is 0 Å².